The number of hydrogen-bond acceptors (Lipinski definition) is 1. The largest absolute Gasteiger partial charge is 0.339 e. The first kappa shape index (κ1) is 12.4. The Kier molecular flexibility index (Phi) is 4.06. The van der Waals surface area contributed by atoms with Crippen LogP contribution in [0.2, 0.25) is 5.02 Å². The van der Waals surface area contributed by atoms with Crippen molar-refractivity contribution < 1.29 is 4.79 Å². The smallest absolute Gasteiger partial charge is 0.227 e. The van der Waals surface area contributed by atoms with E-state index in [9.17, 15) is 4.79 Å². The Morgan fingerprint density at radius 1 is 1.41 bits per heavy atom. The molecule has 0 N–H and O–H groups in total. The zero-order valence-corrected chi connectivity index (χ0v) is 10.9. The molecule has 2 rings (SSSR count). The van der Waals surface area contributed by atoms with Gasteiger partial charge < -0.3 is 4.90 Å². The summed E-state index contributed by atoms with van der Waals surface area (Å²) in [5.74, 6) is 0.247. The Bertz CT molecular complexity index is 388. The third-order valence-electron chi connectivity index (χ3n) is 3.44. The molecule has 2 nitrogen and oxygen atoms in total. The minimum Gasteiger partial charge on any atom is -0.339 e. The van der Waals surface area contributed by atoms with Crippen molar-refractivity contribution in [2.45, 2.75) is 38.6 Å². The first-order chi connectivity index (χ1) is 8.20. The van der Waals surface area contributed by atoms with Crippen LogP contribution in [0.3, 0.4) is 0 Å². The van der Waals surface area contributed by atoms with Crippen LogP contribution in [-0.2, 0) is 11.2 Å². The summed E-state index contributed by atoms with van der Waals surface area (Å²) in [6.45, 7) is 3.07. The molecule has 1 unspecified atom stereocenters. The molecule has 3 heteroatoms. The molecule has 0 aromatic heterocycles. The molecule has 1 aliphatic rings. The summed E-state index contributed by atoms with van der Waals surface area (Å²) in [6.07, 6.45) is 3.85. The summed E-state index contributed by atoms with van der Waals surface area (Å²) in [5, 5.41) is 0.716. The van der Waals surface area contributed by atoms with E-state index in [0.717, 1.165) is 31.4 Å². The van der Waals surface area contributed by atoms with Gasteiger partial charge >= 0.3 is 0 Å². The van der Waals surface area contributed by atoms with Crippen molar-refractivity contribution in [2.24, 2.45) is 0 Å². The highest BCUT2D eigenvalue weighted by Gasteiger charge is 2.26. The van der Waals surface area contributed by atoms with E-state index in [4.69, 9.17) is 11.6 Å². The number of halogens is 1. The number of carbonyl (C=O) groups is 1. The molecule has 1 aromatic rings. The molecular weight excluding hydrogens is 234 g/mol. The summed E-state index contributed by atoms with van der Waals surface area (Å²) in [5.41, 5.74) is 1.04. The number of amides is 1. The van der Waals surface area contributed by atoms with Crippen LogP contribution in [0, 0.1) is 0 Å². The average Bonchev–Trinajstić information content (AvgIpc) is 2.80. The van der Waals surface area contributed by atoms with Gasteiger partial charge in [-0.2, -0.15) is 0 Å². The minimum atomic E-state index is 0.247. The second kappa shape index (κ2) is 5.54. The summed E-state index contributed by atoms with van der Waals surface area (Å²) < 4.78 is 0. The van der Waals surface area contributed by atoms with Crippen LogP contribution >= 0.6 is 11.6 Å². The lowest BCUT2D eigenvalue weighted by atomic mass is 10.1. The fraction of sp³-hybridized carbons (Fsp3) is 0.500. The van der Waals surface area contributed by atoms with Crippen molar-refractivity contribution in [1.82, 2.24) is 4.90 Å². The van der Waals surface area contributed by atoms with Crippen LogP contribution in [0.4, 0.5) is 0 Å². The molecule has 1 heterocycles. The maximum atomic E-state index is 12.2. The summed E-state index contributed by atoms with van der Waals surface area (Å²) >= 11 is 5.83. The van der Waals surface area contributed by atoms with Crippen LogP contribution in [0.15, 0.2) is 24.3 Å². The molecule has 92 valence electrons. The van der Waals surface area contributed by atoms with Gasteiger partial charge in [-0.1, -0.05) is 30.7 Å². The van der Waals surface area contributed by atoms with Gasteiger partial charge in [0, 0.05) is 17.6 Å². The van der Waals surface area contributed by atoms with Crippen molar-refractivity contribution in [3.05, 3.63) is 34.9 Å². The number of likely N-dealkylation sites (tertiary alicyclic amines) is 1. The number of nitrogens with zero attached hydrogens (tertiary/aromatic N) is 1. The van der Waals surface area contributed by atoms with E-state index in [1.54, 1.807) is 0 Å². The summed E-state index contributed by atoms with van der Waals surface area (Å²) in [4.78, 5) is 14.2. The van der Waals surface area contributed by atoms with Crippen LogP contribution in [0.25, 0.3) is 0 Å². The Labute approximate surface area is 108 Å². The van der Waals surface area contributed by atoms with Gasteiger partial charge in [0.15, 0.2) is 0 Å². The van der Waals surface area contributed by atoms with Gasteiger partial charge in [0.25, 0.3) is 0 Å². The van der Waals surface area contributed by atoms with E-state index in [-0.39, 0.29) is 5.91 Å². The van der Waals surface area contributed by atoms with Gasteiger partial charge in [0.2, 0.25) is 5.91 Å². The third kappa shape index (κ3) is 3.01. The highest BCUT2D eigenvalue weighted by atomic mass is 35.5. The predicted molar refractivity (Wildman–Crippen MR) is 70.2 cm³/mol. The molecule has 0 spiro atoms. The van der Waals surface area contributed by atoms with Crippen molar-refractivity contribution in [3.63, 3.8) is 0 Å². The first-order valence-corrected chi connectivity index (χ1v) is 6.62. The predicted octanol–water partition coefficient (Wildman–Crippen LogP) is 3.28. The summed E-state index contributed by atoms with van der Waals surface area (Å²) in [7, 11) is 0. The molecule has 1 aliphatic heterocycles. The van der Waals surface area contributed by atoms with Crippen molar-refractivity contribution in [2.75, 3.05) is 6.54 Å². The van der Waals surface area contributed by atoms with Gasteiger partial charge in [0.1, 0.15) is 0 Å². The SMILES string of the molecule is CCC1CCCN1C(=O)Cc1ccc(Cl)cc1. The van der Waals surface area contributed by atoms with Crippen LogP contribution < -0.4 is 0 Å². The topological polar surface area (TPSA) is 20.3 Å². The van der Waals surface area contributed by atoms with E-state index in [0.29, 0.717) is 17.5 Å². The highest BCUT2D eigenvalue weighted by molar-refractivity contribution is 6.30. The van der Waals surface area contributed by atoms with Gasteiger partial charge in [0.05, 0.1) is 6.42 Å². The van der Waals surface area contributed by atoms with E-state index in [1.807, 2.05) is 29.2 Å². The molecule has 1 saturated heterocycles. The monoisotopic (exact) mass is 251 g/mol. The number of rotatable bonds is 3. The molecule has 0 saturated carbocycles. The molecule has 17 heavy (non-hydrogen) atoms. The molecule has 0 aliphatic carbocycles. The minimum absolute atomic E-state index is 0.247. The van der Waals surface area contributed by atoms with E-state index < -0.39 is 0 Å². The Morgan fingerprint density at radius 3 is 2.76 bits per heavy atom. The fourth-order valence-corrected chi connectivity index (χ4v) is 2.59. The van der Waals surface area contributed by atoms with Gasteiger partial charge in [-0.3, -0.25) is 4.79 Å². The van der Waals surface area contributed by atoms with Crippen molar-refractivity contribution in [1.29, 1.82) is 0 Å². The Hall–Kier alpha value is -1.02. The fourth-order valence-electron chi connectivity index (χ4n) is 2.47. The number of benzene rings is 1. The average molecular weight is 252 g/mol. The number of hydrogen-bond donors (Lipinski definition) is 0. The van der Waals surface area contributed by atoms with Crippen molar-refractivity contribution >= 4 is 17.5 Å². The highest BCUT2D eigenvalue weighted by Crippen LogP contribution is 2.21. The number of carbonyl (C=O) groups excluding carboxylic acids is 1. The summed E-state index contributed by atoms with van der Waals surface area (Å²) in [6, 6.07) is 7.99. The maximum absolute atomic E-state index is 12.2. The van der Waals surface area contributed by atoms with Gasteiger partial charge in [-0.05, 0) is 37.0 Å². The van der Waals surface area contributed by atoms with Gasteiger partial charge in [-0.15, -0.1) is 0 Å². The molecule has 1 atom stereocenters. The molecule has 1 fully saturated rings. The first-order valence-electron chi connectivity index (χ1n) is 6.24. The van der Waals surface area contributed by atoms with E-state index in [2.05, 4.69) is 6.92 Å². The third-order valence-corrected chi connectivity index (χ3v) is 3.69. The van der Waals surface area contributed by atoms with Crippen LogP contribution in [0.1, 0.15) is 31.7 Å². The lowest BCUT2D eigenvalue weighted by Crippen LogP contribution is -2.36. The Morgan fingerprint density at radius 2 is 2.12 bits per heavy atom. The van der Waals surface area contributed by atoms with Gasteiger partial charge in [-0.25, -0.2) is 0 Å². The standard InChI is InChI=1S/C14H18ClNO/c1-2-13-4-3-9-16(13)14(17)10-11-5-7-12(15)8-6-11/h5-8,13H,2-4,9-10H2,1H3. The normalized spacial score (nSPS) is 19.6. The second-order valence-corrected chi connectivity index (χ2v) is 5.03. The Balaban J connectivity index is 1.99. The molecule has 0 radical (unpaired) electrons. The molecule has 0 bridgehead atoms. The quantitative estimate of drug-likeness (QED) is 0.807. The molecular formula is C14H18ClNO. The zero-order valence-electron chi connectivity index (χ0n) is 10.2. The maximum Gasteiger partial charge on any atom is 0.227 e. The van der Waals surface area contributed by atoms with Crippen LogP contribution in [-0.4, -0.2) is 23.4 Å². The van der Waals surface area contributed by atoms with Crippen LogP contribution in [0.5, 0.6) is 0 Å². The van der Waals surface area contributed by atoms with Crippen molar-refractivity contribution in [3.8, 4) is 0 Å². The zero-order chi connectivity index (χ0) is 12.3. The molecule has 1 amide bonds. The lowest BCUT2D eigenvalue weighted by Gasteiger charge is -2.23. The van der Waals surface area contributed by atoms with E-state index in [1.165, 1.54) is 0 Å². The van der Waals surface area contributed by atoms with E-state index >= 15 is 0 Å². The second-order valence-electron chi connectivity index (χ2n) is 4.59. The molecule has 1 aromatic carbocycles. The lowest BCUT2D eigenvalue weighted by molar-refractivity contribution is -0.131.